The zero-order valence-electron chi connectivity index (χ0n) is 10.3. The second-order valence-electron chi connectivity index (χ2n) is 4.32. The molecule has 0 aliphatic carbocycles. The van der Waals surface area contributed by atoms with Crippen molar-refractivity contribution in [3.05, 3.63) is 53.5 Å². The van der Waals surface area contributed by atoms with Gasteiger partial charge in [-0.3, -0.25) is 0 Å². The van der Waals surface area contributed by atoms with E-state index in [0.29, 0.717) is 6.54 Å². The molecule has 0 aliphatic heterocycles. The lowest BCUT2D eigenvalue weighted by Crippen LogP contribution is -2.15. The first-order valence-electron chi connectivity index (χ1n) is 5.73. The standard InChI is InChI=1S/C14H18N2O/c1-11-4-3-5-13(6-11)16(2)9-14-7-12(8-15)10-17-14/h3-7,10H,8-9,15H2,1-2H3. The molecular formula is C14H18N2O. The van der Waals surface area contributed by atoms with Gasteiger partial charge in [-0.2, -0.15) is 0 Å². The van der Waals surface area contributed by atoms with Gasteiger partial charge in [0.15, 0.2) is 0 Å². The number of furan rings is 1. The second kappa shape index (κ2) is 5.06. The molecule has 1 aromatic carbocycles. The van der Waals surface area contributed by atoms with Gasteiger partial charge in [-0.15, -0.1) is 0 Å². The van der Waals surface area contributed by atoms with Crippen LogP contribution < -0.4 is 10.6 Å². The molecule has 0 saturated heterocycles. The molecule has 3 heteroatoms. The van der Waals surface area contributed by atoms with Gasteiger partial charge in [-0.25, -0.2) is 0 Å². The van der Waals surface area contributed by atoms with E-state index >= 15 is 0 Å². The highest BCUT2D eigenvalue weighted by atomic mass is 16.3. The summed E-state index contributed by atoms with van der Waals surface area (Å²) in [6.07, 6.45) is 1.72. The molecule has 2 N–H and O–H groups in total. The Balaban J connectivity index is 2.08. The molecule has 0 spiro atoms. The third kappa shape index (κ3) is 2.88. The number of nitrogens with two attached hydrogens (primary N) is 1. The lowest BCUT2D eigenvalue weighted by atomic mass is 10.2. The van der Waals surface area contributed by atoms with Crippen LogP contribution in [-0.4, -0.2) is 7.05 Å². The van der Waals surface area contributed by atoms with E-state index in [9.17, 15) is 0 Å². The van der Waals surface area contributed by atoms with Gasteiger partial charge in [-0.1, -0.05) is 12.1 Å². The lowest BCUT2D eigenvalue weighted by molar-refractivity contribution is 0.506. The summed E-state index contributed by atoms with van der Waals surface area (Å²) in [6, 6.07) is 10.4. The molecule has 3 nitrogen and oxygen atoms in total. The van der Waals surface area contributed by atoms with Crippen molar-refractivity contribution in [1.29, 1.82) is 0 Å². The number of anilines is 1. The highest BCUT2D eigenvalue weighted by Crippen LogP contribution is 2.17. The Morgan fingerprint density at radius 3 is 2.76 bits per heavy atom. The summed E-state index contributed by atoms with van der Waals surface area (Å²) in [5.41, 5.74) is 9.04. The molecule has 0 atom stereocenters. The first-order chi connectivity index (χ1) is 8.19. The van der Waals surface area contributed by atoms with Crippen LogP contribution in [0.1, 0.15) is 16.9 Å². The molecule has 17 heavy (non-hydrogen) atoms. The van der Waals surface area contributed by atoms with E-state index in [-0.39, 0.29) is 0 Å². The highest BCUT2D eigenvalue weighted by Gasteiger charge is 2.05. The summed E-state index contributed by atoms with van der Waals surface area (Å²) in [7, 11) is 2.05. The molecule has 2 aromatic rings. The smallest absolute Gasteiger partial charge is 0.123 e. The minimum absolute atomic E-state index is 0.525. The first kappa shape index (κ1) is 11.7. The van der Waals surface area contributed by atoms with Crippen molar-refractivity contribution in [2.24, 2.45) is 5.73 Å². The molecule has 1 heterocycles. The van der Waals surface area contributed by atoms with Crippen molar-refractivity contribution < 1.29 is 4.42 Å². The number of benzene rings is 1. The Hall–Kier alpha value is -1.74. The lowest BCUT2D eigenvalue weighted by Gasteiger charge is -2.18. The Morgan fingerprint density at radius 2 is 2.12 bits per heavy atom. The topological polar surface area (TPSA) is 42.4 Å². The van der Waals surface area contributed by atoms with E-state index < -0.39 is 0 Å². The number of nitrogens with zero attached hydrogens (tertiary/aromatic N) is 1. The number of hydrogen-bond donors (Lipinski definition) is 1. The largest absolute Gasteiger partial charge is 0.467 e. The summed E-state index contributed by atoms with van der Waals surface area (Å²) in [5, 5.41) is 0. The minimum Gasteiger partial charge on any atom is -0.467 e. The van der Waals surface area contributed by atoms with Gasteiger partial charge in [0.05, 0.1) is 12.8 Å². The van der Waals surface area contributed by atoms with Gasteiger partial charge in [0.1, 0.15) is 5.76 Å². The fraction of sp³-hybridized carbons (Fsp3) is 0.286. The zero-order valence-corrected chi connectivity index (χ0v) is 10.3. The predicted molar refractivity (Wildman–Crippen MR) is 69.9 cm³/mol. The first-order valence-corrected chi connectivity index (χ1v) is 5.73. The molecule has 0 unspecified atom stereocenters. The Bertz CT molecular complexity index is 490. The molecule has 1 aromatic heterocycles. The van der Waals surface area contributed by atoms with E-state index in [1.165, 1.54) is 11.3 Å². The van der Waals surface area contributed by atoms with Crippen molar-refractivity contribution in [3.8, 4) is 0 Å². The summed E-state index contributed by atoms with van der Waals surface area (Å²) in [5.74, 6) is 0.939. The van der Waals surface area contributed by atoms with E-state index in [4.69, 9.17) is 10.2 Å². The molecule has 0 saturated carbocycles. The summed E-state index contributed by atoms with van der Waals surface area (Å²) < 4.78 is 5.46. The van der Waals surface area contributed by atoms with Crippen molar-refractivity contribution in [2.75, 3.05) is 11.9 Å². The monoisotopic (exact) mass is 230 g/mol. The van der Waals surface area contributed by atoms with E-state index in [0.717, 1.165) is 17.9 Å². The van der Waals surface area contributed by atoms with Crippen LogP contribution in [0.15, 0.2) is 41.0 Å². The van der Waals surface area contributed by atoms with E-state index in [2.05, 4.69) is 43.1 Å². The van der Waals surface area contributed by atoms with Gasteiger partial charge < -0.3 is 15.1 Å². The summed E-state index contributed by atoms with van der Waals surface area (Å²) in [6.45, 7) is 3.37. The molecule has 0 aliphatic rings. The Labute approximate surface area is 102 Å². The molecule has 0 fully saturated rings. The van der Waals surface area contributed by atoms with Crippen LogP contribution in [0.3, 0.4) is 0 Å². The van der Waals surface area contributed by atoms with Crippen LogP contribution in [-0.2, 0) is 13.1 Å². The maximum absolute atomic E-state index is 5.55. The van der Waals surface area contributed by atoms with Gasteiger partial charge in [0.2, 0.25) is 0 Å². The van der Waals surface area contributed by atoms with Gasteiger partial charge in [0, 0.05) is 24.8 Å². The van der Waals surface area contributed by atoms with Crippen molar-refractivity contribution in [1.82, 2.24) is 0 Å². The maximum atomic E-state index is 5.55. The number of rotatable bonds is 4. The quantitative estimate of drug-likeness (QED) is 0.878. The van der Waals surface area contributed by atoms with Crippen LogP contribution in [0.5, 0.6) is 0 Å². The average Bonchev–Trinajstić information content (AvgIpc) is 2.77. The summed E-state index contributed by atoms with van der Waals surface area (Å²) in [4.78, 5) is 2.16. The van der Waals surface area contributed by atoms with Crippen LogP contribution in [0, 0.1) is 6.92 Å². The molecule has 0 radical (unpaired) electrons. The van der Waals surface area contributed by atoms with Gasteiger partial charge >= 0.3 is 0 Å². The van der Waals surface area contributed by atoms with Crippen molar-refractivity contribution in [3.63, 3.8) is 0 Å². The van der Waals surface area contributed by atoms with E-state index in [1.54, 1.807) is 6.26 Å². The molecule has 0 bridgehead atoms. The zero-order chi connectivity index (χ0) is 12.3. The third-order valence-electron chi connectivity index (χ3n) is 2.78. The van der Waals surface area contributed by atoms with Gasteiger partial charge in [0.25, 0.3) is 0 Å². The fourth-order valence-corrected chi connectivity index (χ4v) is 1.81. The highest BCUT2D eigenvalue weighted by molar-refractivity contribution is 5.47. The average molecular weight is 230 g/mol. The molecule has 0 amide bonds. The molecular weight excluding hydrogens is 212 g/mol. The molecule has 2 rings (SSSR count). The number of hydrogen-bond acceptors (Lipinski definition) is 3. The van der Waals surface area contributed by atoms with Crippen molar-refractivity contribution >= 4 is 5.69 Å². The predicted octanol–water partition coefficient (Wildman–Crippen LogP) is 2.68. The third-order valence-corrected chi connectivity index (χ3v) is 2.78. The van der Waals surface area contributed by atoms with Crippen LogP contribution in [0.2, 0.25) is 0 Å². The minimum atomic E-state index is 0.525. The van der Waals surface area contributed by atoms with Crippen molar-refractivity contribution in [2.45, 2.75) is 20.0 Å². The number of aryl methyl sites for hydroxylation is 1. The van der Waals surface area contributed by atoms with E-state index in [1.807, 2.05) is 6.07 Å². The summed E-state index contributed by atoms with van der Waals surface area (Å²) >= 11 is 0. The maximum Gasteiger partial charge on any atom is 0.123 e. The fourth-order valence-electron chi connectivity index (χ4n) is 1.81. The van der Waals surface area contributed by atoms with Crippen LogP contribution in [0.25, 0.3) is 0 Å². The van der Waals surface area contributed by atoms with Crippen LogP contribution in [0.4, 0.5) is 5.69 Å². The van der Waals surface area contributed by atoms with Crippen LogP contribution >= 0.6 is 0 Å². The normalized spacial score (nSPS) is 10.5. The second-order valence-corrected chi connectivity index (χ2v) is 4.32. The Morgan fingerprint density at radius 1 is 1.29 bits per heavy atom. The Kier molecular flexibility index (Phi) is 3.49. The molecule has 90 valence electrons. The SMILES string of the molecule is Cc1cccc(N(C)Cc2cc(CN)co2)c1. The van der Waals surface area contributed by atoms with Gasteiger partial charge in [-0.05, 0) is 30.7 Å².